The van der Waals surface area contributed by atoms with E-state index < -0.39 is 163 Å². The Morgan fingerprint density at radius 2 is 1.34 bits per heavy atom. The van der Waals surface area contributed by atoms with Crippen LogP contribution in [0.5, 0.6) is 0 Å². The number of nitrogens with two attached hydrogens (primary N) is 2. The molecule has 0 saturated carbocycles. The number of nitrogens with one attached hydrogen (secondary N) is 5. The van der Waals surface area contributed by atoms with Gasteiger partial charge in [-0.15, -0.1) is 0 Å². The van der Waals surface area contributed by atoms with Crippen LogP contribution < -0.4 is 38.1 Å². The van der Waals surface area contributed by atoms with Gasteiger partial charge in [0.15, 0.2) is 11.6 Å². The summed E-state index contributed by atoms with van der Waals surface area (Å²) in [6.45, 7) is 3.60. The molecular weight excluding hydrogens is 1320 g/mol. The van der Waals surface area contributed by atoms with Crippen molar-refractivity contribution >= 4 is 130 Å². The first-order valence-corrected chi connectivity index (χ1v) is 36.4. The fraction of sp³-hybridized carbons (Fsp3) is 0.600. The molecule has 2 saturated heterocycles. The van der Waals surface area contributed by atoms with Crippen molar-refractivity contribution in [2.45, 2.75) is 195 Å². The lowest BCUT2D eigenvalue weighted by Gasteiger charge is -2.33. The molecule has 3 heterocycles. The Kier molecular flexibility index (Phi) is 33.7. The van der Waals surface area contributed by atoms with Crippen molar-refractivity contribution in [3.05, 3.63) is 70.8 Å². The van der Waals surface area contributed by atoms with E-state index in [-0.39, 0.29) is 92.7 Å². The van der Waals surface area contributed by atoms with E-state index in [0.717, 1.165) is 29.5 Å². The molecule has 3 aliphatic heterocycles. The molecule has 2 bridgehead atoms. The maximum atomic E-state index is 14.9. The first-order valence-electron chi connectivity index (χ1n) is 32.3. The lowest BCUT2D eigenvalue weighted by molar-refractivity contribution is -0.148. The highest BCUT2D eigenvalue weighted by molar-refractivity contribution is 7.99. The Labute approximate surface area is 576 Å². The summed E-state index contributed by atoms with van der Waals surface area (Å²) in [7, 11) is 0. The predicted molar refractivity (Wildman–Crippen MR) is 363 cm³/mol. The summed E-state index contributed by atoms with van der Waals surface area (Å²) in [6.07, 6.45) is -0.581. The number of carbonyl (C=O) groups is 14. The molecule has 8 amide bonds. The highest BCUT2D eigenvalue weighted by Gasteiger charge is 2.45. The molecule has 0 radical (unpaired) electrons. The standard InChI is InChI=1S/C65H91N9O18S4/c1-3-4-6-14-44(76)27-42-35-95-33-40-23-39(32-94-22-11-17-52(77)49(31-93)71-60(86)48(30-56(82)83)70-58(84)45(66)29-55(80)81)24-41(25-40)34-96-36-43(65(91)92)28-53(78)47(26-38-12-7-5-8-13-38)69-59(85)46(18-19-54(67)79)68-62(88)57(37(2)75)72-61(87)50-15-9-20-73(50)64(90)51-16-10-21-74(51)63(42)89/h5,7-8,12-13,23-25,37,42-43,45-51,57,75,93H,3-4,6,9-11,14-22,26-36,66H2,1-2H3,(H2,67,79)(H,68,88)(H,69,85)(H,70,84)(H,71,86)(H,72,87)(H,80,81)(H,82,83)(H,91,92)/t37-,42+,43+,45+,46+,47+,48+,49+,50+,51+,57+/m1/s1. The number of rotatable bonds is 29. The molecule has 31 heteroatoms. The van der Waals surface area contributed by atoms with Crippen LogP contribution in [0.25, 0.3) is 0 Å². The summed E-state index contributed by atoms with van der Waals surface area (Å²) < 4.78 is 0. The Morgan fingerprint density at radius 1 is 0.719 bits per heavy atom. The monoisotopic (exact) mass is 1410 g/mol. The molecule has 27 nitrogen and oxygen atoms in total. The second-order valence-corrected chi connectivity index (χ2v) is 28.0. The third kappa shape index (κ3) is 26.1. The lowest BCUT2D eigenvalue weighted by Crippen LogP contribution is -2.61. The van der Waals surface area contributed by atoms with Gasteiger partial charge in [0.1, 0.15) is 36.0 Å². The molecular formula is C65H91N9O18S4. The van der Waals surface area contributed by atoms with Crippen LogP contribution in [0.15, 0.2) is 48.5 Å². The number of amides is 8. The highest BCUT2D eigenvalue weighted by atomic mass is 32.2. The SMILES string of the molecule is CCCCCC(=O)C[C@H]1CSCc2cc(CSCCCC(=O)[C@H](CS)NC(=O)[C@H](CC(=O)O)NC(=O)[C@@H](N)CC(=O)O)cc(c2)CSC[C@@H](C(=O)O)CC(=O)[C@H](Cc2ccccc2)NC(=O)[C@H](CCC(N)=O)NC(=O)[C@H]([C@@H](C)O)NC(=O)[C@@H]2CCCN2C(=O)[C@@H]2CCCN2C1=O. The number of aliphatic hydroxyl groups is 1. The van der Waals surface area contributed by atoms with Gasteiger partial charge in [0, 0.05) is 79.7 Å². The van der Waals surface area contributed by atoms with Gasteiger partial charge in [-0.2, -0.15) is 47.9 Å². The lowest BCUT2D eigenvalue weighted by atomic mass is 9.95. The topological polar surface area (TPSA) is 439 Å². The zero-order chi connectivity index (χ0) is 70.6. The molecule has 0 aliphatic carbocycles. The number of carboxylic acid groups (broad SMARTS) is 3. The minimum Gasteiger partial charge on any atom is -0.481 e. The molecule has 2 fully saturated rings. The summed E-state index contributed by atoms with van der Waals surface area (Å²) in [5.41, 5.74) is 14.1. The molecule has 5 rings (SSSR count). The molecule has 528 valence electrons. The number of unbranched alkanes of at least 4 members (excludes halogenated alkanes) is 2. The summed E-state index contributed by atoms with van der Waals surface area (Å²) in [5.74, 6) is -12.6. The van der Waals surface area contributed by atoms with E-state index in [4.69, 9.17) is 16.6 Å². The fourth-order valence-corrected chi connectivity index (χ4v) is 14.8. The Hall–Kier alpha value is -7.06. The molecule has 3 aliphatic rings. The summed E-state index contributed by atoms with van der Waals surface area (Å²) in [4.78, 5) is 190. The van der Waals surface area contributed by atoms with Gasteiger partial charge in [-0.25, -0.2) is 0 Å². The van der Waals surface area contributed by atoms with Crippen LogP contribution in [0.2, 0.25) is 0 Å². The molecule has 0 unspecified atom stereocenters. The highest BCUT2D eigenvalue weighted by Crippen LogP contribution is 2.31. The average Bonchev–Trinajstić information content (AvgIpc) is 1.64. The normalized spacial score (nSPS) is 22.5. The van der Waals surface area contributed by atoms with Crippen LogP contribution in [0.4, 0.5) is 0 Å². The van der Waals surface area contributed by atoms with Crippen LogP contribution in [-0.4, -0.2) is 203 Å². The summed E-state index contributed by atoms with van der Waals surface area (Å²) in [6, 6.07) is 3.25. The number of hydrogen-bond acceptors (Lipinski definition) is 20. The van der Waals surface area contributed by atoms with Gasteiger partial charge in [0.05, 0.1) is 48.9 Å². The van der Waals surface area contributed by atoms with Crippen molar-refractivity contribution in [2.24, 2.45) is 23.3 Å². The second-order valence-electron chi connectivity index (χ2n) is 24.4. The first kappa shape index (κ1) is 79.6. The third-order valence-corrected chi connectivity index (χ3v) is 20.4. The van der Waals surface area contributed by atoms with Gasteiger partial charge in [-0.1, -0.05) is 68.3 Å². The number of Topliss-reactive ketones (excluding diaryl/α,β-unsaturated/α-hetero) is 3. The number of thiol groups is 1. The zero-order valence-electron chi connectivity index (χ0n) is 54.1. The minimum atomic E-state index is -1.70. The number of carboxylic acids is 3. The van der Waals surface area contributed by atoms with Crippen LogP contribution in [0, 0.1) is 11.8 Å². The number of nitrogens with zero attached hydrogens (tertiary/aromatic N) is 2. The van der Waals surface area contributed by atoms with E-state index in [9.17, 15) is 82.4 Å². The number of thioether (sulfide) groups is 3. The summed E-state index contributed by atoms with van der Waals surface area (Å²) in [5, 5.41) is 52.3. The van der Waals surface area contributed by atoms with Crippen LogP contribution in [0.1, 0.15) is 139 Å². The number of fused-ring (bicyclic) bond motifs is 4. The minimum absolute atomic E-state index is 0.0344. The van der Waals surface area contributed by atoms with E-state index >= 15 is 0 Å². The third-order valence-electron chi connectivity index (χ3n) is 16.6. The number of primary amides is 1. The van der Waals surface area contributed by atoms with Crippen LogP contribution >= 0.6 is 47.9 Å². The molecule has 13 N–H and O–H groups in total. The van der Waals surface area contributed by atoms with E-state index in [0.29, 0.717) is 48.5 Å². The van der Waals surface area contributed by atoms with Gasteiger partial charge in [0.25, 0.3) is 0 Å². The van der Waals surface area contributed by atoms with Gasteiger partial charge >= 0.3 is 17.9 Å². The number of benzene rings is 2. The second kappa shape index (κ2) is 40.6. The average molecular weight is 1410 g/mol. The van der Waals surface area contributed by atoms with Crippen molar-refractivity contribution in [3.63, 3.8) is 0 Å². The quantitative estimate of drug-likeness (QED) is 0.0410. The van der Waals surface area contributed by atoms with Crippen molar-refractivity contribution in [2.75, 3.05) is 36.1 Å². The Bertz CT molecular complexity index is 3090. The molecule has 2 aromatic rings. The Balaban J connectivity index is 1.45. The number of hydrogen-bond donors (Lipinski definition) is 12. The molecule has 0 spiro atoms. The van der Waals surface area contributed by atoms with Crippen molar-refractivity contribution in [1.82, 2.24) is 36.4 Å². The van der Waals surface area contributed by atoms with Crippen LogP contribution in [-0.2, 0) is 90.8 Å². The first-order chi connectivity index (χ1) is 45.7. The molecule has 2 aromatic carbocycles. The number of aliphatic hydroxyl groups excluding tert-OH is 1. The fourth-order valence-electron chi connectivity index (χ4n) is 11.5. The smallest absolute Gasteiger partial charge is 0.307 e. The zero-order valence-corrected chi connectivity index (χ0v) is 57.4. The number of aliphatic carboxylic acids is 3. The van der Waals surface area contributed by atoms with Crippen molar-refractivity contribution < 1.29 is 87.5 Å². The van der Waals surface area contributed by atoms with E-state index in [2.05, 4.69) is 39.2 Å². The largest absolute Gasteiger partial charge is 0.481 e. The van der Waals surface area contributed by atoms with Gasteiger partial charge in [-0.05, 0) is 86.3 Å². The number of ketones is 3. The van der Waals surface area contributed by atoms with Gasteiger partial charge < -0.3 is 68.3 Å². The predicted octanol–water partition coefficient (Wildman–Crippen LogP) is 2.07. The summed E-state index contributed by atoms with van der Waals surface area (Å²) >= 11 is 8.37. The van der Waals surface area contributed by atoms with E-state index in [1.165, 1.54) is 52.0 Å². The van der Waals surface area contributed by atoms with E-state index in [1.54, 1.807) is 30.3 Å². The maximum absolute atomic E-state index is 14.9. The molecule has 11 atom stereocenters. The van der Waals surface area contributed by atoms with Gasteiger partial charge in [0.2, 0.25) is 47.3 Å². The Morgan fingerprint density at radius 3 is 1.96 bits per heavy atom. The number of carbonyl (C=O) groups excluding carboxylic acids is 11. The van der Waals surface area contributed by atoms with Crippen molar-refractivity contribution in [1.29, 1.82) is 0 Å². The van der Waals surface area contributed by atoms with Crippen molar-refractivity contribution in [3.8, 4) is 0 Å². The molecule has 0 aromatic heterocycles. The molecule has 96 heavy (non-hydrogen) atoms. The van der Waals surface area contributed by atoms with E-state index in [1.807, 2.05) is 25.1 Å². The maximum Gasteiger partial charge on any atom is 0.307 e. The van der Waals surface area contributed by atoms with Gasteiger partial charge in [-0.3, -0.25) is 67.1 Å². The van der Waals surface area contributed by atoms with Crippen LogP contribution in [0.3, 0.4) is 0 Å².